The van der Waals surface area contributed by atoms with E-state index in [1.165, 1.54) is 0 Å². The largest absolute Gasteiger partial charge is 0.397 e. The standard InChI is InChI=1S/C12H6ClF4N/c13-8-2-5(14)1-7(12(8)18)11-9(16)3-6(15)4-10(11)17/h1-4H,18H2. The molecule has 0 saturated heterocycles. The molecule has 0 amide bonds. The Morgan fingerprint density at radius 3 is 1.89 bits per heavy atom. The van der Waals surface area contributed by atoms with Crippen molar-refractivity contribution in [3.8, 4) is 11.1 Å². The molecule has 0 aromatic heterocycles. The van der Waals surface area contributed by atoms with Crippen LogP contribution in [0.2, 0.25) is 5.02 Å². The first-order chi connectivity index (χ1) is 8.40. The van der Waals surface area contributed by atoms with Gasteiger partial charge < -0.3 is 5.73 Å². The maximum Gasteiger partial charge on any atom is 0.136 e. The van der Waals surface area contributed by atoms with Gasteiger partial charge in [-0.25, -0.2) is 17.6 Å². The van der Waals surface area contributed by atoms with Gasteiger partial charge in [0.2, 0.25) is 0 Å². The second-order valence-electron chi connectivity index (χ2n) is 3.59. The summed E-state index contributed by atoms with van der Waals surface area (Å²) < 4.78 is 53.0. The van der Waals surface area contributed by atoms with Gasteiger partial charge in [-0.05, 0) is 12.1 Å². The normalized spacial score (nSPS) is 10.7. The van der Waals surface area contributed by atoms with Crippen LogP contribution in [0.3, 0.4) is 0 Å². The minimum absolute atomic E-state index is 0.173. The van der Waals surface area contributed by atoms with Crippen LogP contribution in [0.25, 0.3) is 11.1 Å². The number of anilines is 1. The molecule has 0 radical (unpaired) electrons. The molecule has 0 bridgehead atoms. The topological polar surface area (TPSA) is 26.0 Å². The van der Waals surface area contributed by atoms with Crippen LogP contribution in [-0.2, 0) is 0 Å². The number of benzene rings is 2. The van der Waals surface area contributed by atoms with E-state index in [0.29, 0.717) is 12.1 Å². The van der Waals surface area contributed by atoms with Crippen molar-refractivity contribution in [2.45, 2.75) is 0 Å². The van der Waals surface area contributed by atoms with E-state index in [-0.39, 0.29) is 16.3 Å². The molecule has 6 heteroatoms. The third-order valence-electron chi connectivity index (χ3n) is 2.37. The van der Waals surface area contributed by atoms with E-state index in [4.69, 9.17) is 17.3 Å². The summed E-state index contributed by atoms with van der Waals surface area (Å²) in [6.07, 6.45) is 0. The Labute approximate surface area is 105 Å². The predicted octanol–water partition coefficient (Wildman–Crippen LogP) is 4.15. The van der Waals surface area contributed by atoms with Crippen LogP contribution in [0.15, 0.2) is 24.3 Å². The van der Waals surface area contributed by atoms with Crippen molar-refractivity contribution in [3.05, 3.63) is 52.6 Å². The number of hydrogen-bond acceptors (Lipinski definition) is 1. The van der Waals surface area contributed by atoms with Gasteiger partial charge in [0.25, 0.3) is 0 Å². The first kappa shape index (κ1) is 12.7. The van der Waals surface area contributed by atoms with Crippen LogP contribution < -0.4 is 5.73 Å². The van der Waals surface area contributed by atoms with Gasteiger partial charge in [0.05, 0.1) is 16.3 Å². The van der Waals surface area contributed by atoms with Crippen LogP contribution >= 0.6 is 11.6 Å². The monoisotopic (exact) mass is 275 g/mol. The molecular weight excluding hydrogens is 270 g/mol. The van der Waals surface area contributed by atoms with E-state index in [1.807, 2.05) is 0 Å². The molecule has 1 nitrogen and oxygen atoms in total. The molecule has 18 heavy (non-hydrogen) atoms. The summed E-state index contributed by atoms with van der Waals surface area (Å²) in [5.74, 6) is -4.23. The average Bonchev–Trinajstić information content (AvgIpc) is 2.23. The Kier molecular flexibility index (Phi) is 3.17. The fourth-order valence-corrected chi connectivity index (χ4v) is 1.80. The number of nitrogens with two attached hydrogens (primary N) is 1. The fraction of sp³-hybridized carbons (Fsp3) is 0. The summed E-state index contributed by atoms with van der Waals surface area (Å²) in [6.45, 7) is 0. The minimum Gasteiger partial charge on any atom is -0.397 e. The van der Waals surface area contributed by atoms with Gasteiger partial charge in [0.1, 0.15) is 23.3 Å². The highest BCUT2D eigenvalue weighted by molar-refractivity contribution is 6.33. The van der Waals surface area contributed by atoms with Crippen molar-refractivity contribution < 1.29 is 17.6 Å². The molecule has 0 heterocycles. The lowest BCUT2D eigenvalue weighted by Gasteiger charge is -2.10. The lowest BCUT2D eigenvalue weighted by molar-refractivity contribution is 0.548. The molecular formula is C12H6ClF4N. The van der Waals surface area contributed by atoms with Gasteiger partial charge in [0, 0.05) is 17.7 Å². The van der Waals surface area contributed by atoms with Crippen molar-refractivity contribution >= 4 is 17.3 Å². The number of rotatable bonds is 1. The van der Waals surface area contributed by atoms with Gasteiger partial charge in [0.15, 0.2) is 0 Å². The van der Waals surface area contributed by atoms with Gasteiger partial charge >= 0.3 is 0 Å². The first-order valence-corrected chi connectivity index (χ1v) is 5.17. The van der Waals surface area contributed by atoms with Gasteiger partial charge in [-0.1, -0.05) is 11.6 Å². The van der Waals surface area contributed by atoms with Crippen LogP contribution in [-0.4, -0.2) is 0 Å². The summed E-state index contributed by atoms with van der Waals surface area (Å²) >= 11 is 5.62. The lowest BCUT2D eigenvalue weighted by atomic mass is 10.0. The second kappa shape index (κ2) is 4.49. The molecule has 0 fully saturated rings. The maximum atomic E-state index is 13.5. The van der Waals surface area contributed by atoms with Gasteiger partial charge in [-0.15, -0.1) is 0 Å². The zero-order valence-electron chi connectivity index (χ0n) is 8.78. The summed E-state index contributed by atoms with van der Waals surface area (Å²) in [4.78, 5) is 0. The summed E-state index contributed by atoms with van der Waals surface area (Å²) in [5.41, 5.74) is 4.49. The van der Waals surface area contributed by atoms with E-state index in [2.05, 4.69) is 0 Å². The Balaban J connectivity index is 2.77. The molecule has 0 atom stereocenters. The van der Waals surface area contributed by atoms with Crippen molar-refractivity contribution in [1.82, 2.24) is 0 Å². The van der Waals surface area contributed by atoms with Crippen LogP contribution in [0.1, 0.15) is 0 Å². The Hall–Kier alpha value is -1.75. The third kappa shape index (κ3) is 2.13. The Morgan fingerprint density at radius 1 is 0.833 bits per heavy atom. The highest BCUT2D eigenvalue weighted by atomic mass is 35.5. The van der Waals surface area contributed by atoms with E-state index in [0.717, 1.165) is 12.1 Å². The Morgan fingerprint density at radius 2 is 1.33 bits per heavy atom. The summed E-state index contributed by atoms with van der Waals surface area (Å²) in [5, 5.41) is -0.173. The molecule has 94 valence electrons. The Bertz CT molecular complexity index is 605. The highest BCUT2D eigenvalue weighted by Crippen LogP contribution is 2.35. The SMILES string of the molecule is Nc1c(Cl)cc(F)cc1-c1c(F)cc(F)cc1F. The molecule has 2 N–H and O–H groups in total. The van der Waals surface area contributed by atoms with E-state index in [1.54, 1.807) is 0 Å². The molecule has 0 aliphatic carbocycles. The maximum absolute atomic E-state index is 13.5. The molecule has 0 unspecified atom stereocenters. The molecule has 2 aromatic carbocycles. The van der Waals surface area contributed by atoms with Crippen molar-refractivity contribution in [3.63, 3.8) is 0 Å². The van der Waals surface area contributed by atoms with Crippen LogP contribution in [0, 0.1) is 23.3 Å². The fourth-order valence-electron chi connectivity index (χ4n) is 1.59. The average molecular weight is 276 g/mol. The molecule has 0 aliphatic heterocycles. The van der Waals surface area contributed by atoms with Gasteiger partial charge in [-0.2, -0.15) is 0 Å². The van der Waals surface area contributed by atoms with Crippen LogP contribution in [0.4, 0.5) is 23.2 Å². The summed E-state index contributed by atoms with van der Waals surface area (Å²) in [7, 11) is 0. The first-order valence-electron chi connectivity index (χ1n) is 4.79. The minimum atomic E-state index is -1.18. The molecule has 0 spiro atoms. The number of hydrogen-bond donors (Lipinski definition) is 1. The summed E-state index contributed by atoms with van der Waals surface area (Å²) in [6, 6.07) is 2.72. The zero-order valence-corrected chi connectivity index (χ0v) is 9.53. The molecule has 2 rings (SSSR count). The second-order valence-corrected chi connectivity index (χ2v) is 4.00. The smallest absolute Gasteiger partial charge is 0.136 e. The number of halogens is 5. The van der Waals surface area contributed by atoms with Crippen LogP contribution in [0.5, 0.6) is 0 Å². The van der Waals surface area contributed by atoms with Crippen molar-refractivity contribution in [2.75, 3.05) is 5.73 Å². The van der Waals surface area contributed by atoms with Crippen molar-refractivity contribution in [2.24, 2.45) is 0 Å². The zero-order chi connectivity index (χ0) is 13.4. The van der Waals surface area contributed by atoms with E-state index in [9.17, 15) is 17.6 Å². The van der Waals surface area contributed by atoms with E-state index >= 15 is 0 Å². The molecule has 2 aromatic rings. The lowest BCUT2D eigenvalue weighted by Crippen LogP contribution is -1.98. The van der Waals surface area contributed by atoms with E-state index < -0.39 is 28.8 Å². The van der Waals surface area contributed by atoms with Crippen molar-refractivity contribution in [1.29, 1.82) is 0 Å². The predicted molar refractivity (Wildman–Crippen MR) is 61.1 cm³/mol. The van der Waals surface area contributed by atoms with Gasteiger partial charge in [-0.3, -0.25) is 0 Å². The highest BCUT2D eigenvalue weighted by Gasteiger charge is 2.18. The molecule has 0 saturated carbocycles. The third-order valence-corrected chi connectivity index (χ3v) is 2.68. The molecule has 0 aliphatic rings. The number of nitrogen functional groups attached to an aromatic ring is 1. The quantitative estimate of drug-likeness (QED) is 0.614.